The summed E-state index contributed by atoms with van der Waals surface area (Å²) in [5, 5.41) is 0.282. The van der Waals surface area contributed by atoms with Crippen LogP contribution in [0.3, 0.4) is 0 Å². The van der Waals surface area contributed by atoms with Gasteiger partial charge in [0, 0.05) is 0 Å². The first kappa shape index (κ1) is 15.8. The summed E-state index contributed by atoms with van der Waals surface area (Å²) in [6.07, 6.45) is 0.480. The number of benzene rings is 1. The summed E-state index contributed by atoms with van der Waals surface area (Å²) in [6, 6.07) is 12.3. The van der Waals surface area contributed by atoms with Crippen LogP contribution in [0.25, 0.3) is 11.0 Å². The lowest BCUT2D eigenvalue weighted by molar-refractivity contribution is 0.586. The van der Waals surface area contributed by atoms with E-state index in [4.69, 9.17) is 17.3 Å². The van der Waals surface area contributed by atoms with Crippen molar-refractivity contribution in [3.63, 3.8) is 0 Å². The van der Waals surface area contributed by atoms with Crippen LogP contribution in [-0.2, 0) is 22.2 Å². The molecule has 2 N–H and O–H groups in total. The van der Waals surface area contributed by atoms with E-state index in [9.17, 15) is 8.42 Å². The number of nitrogen functional groups attached to an aromatic ring is 1. The van der Waals surface area contributed by atoms with Gasteiger partial charge in [-0.15, -0.1) is 0 Å². The Kier molecular flexibility index (Phi) is 4.04. The second kappa shape index (κ2) is 5.86. The molecule has 5 nitrogen and oxygen atoms in total. The van der Waals surface area contributed by atoms with Crippen LogP contribution in [0.15, 0.2) is 42.5 Å². The van der Waals surface area contributed by atoms with Crippen LogP contribution in [-0.4, -0.2) is 17.4 Å². The van der Waals surface area contributed by atoms with E-state index in [2.05, 4.69) is 4.98 Å². The Morgan fingerprint density at radius 3 is 2.52 bits per heavy atom. The Morgan fingerprint density at radius 1 is 1.17 bits per heavy atom. The highest BCUT2D eigenvalue weighted by Gasteiger charge is 2.24. The zero-order chi connectivity index (χ0) is 16.6. The molecule has 23 heavy (non-hydrogen) atoms. The van der Waals surface area contributed by atoms with Crippen LogP contribution in [0.1, 0.15) is 18.2 Å². The van der Waals surface area contributed by atoms with Crippen LogP contribution in [0.5, 0.6) is 0 Å². The fraction of sp³-hybridized carbons (Fsp3) is 0.188. The Hall–Kier alpha value is -2.05. The molecule has 0 saturated heterocycles. The Bertz CT molecular complexity index is 966. The quantitative estimate of drug-likeness (QED) is 0.733. The van der Waals surface area contributed by atoms with Crippen molar-refractivity contribution in [2.24, 2.45) is 0 Å². The number of aromatic nitrogens is 2. The van der Waals surface area contributed by atoms with E-state index >= 15 is 0 Å². The Balaban J connectivity index is 2.22. The number of hydrogen-bond acceptors (Lipinski definition) is 4. The van der Waals surface area contributed by atoms with E-state index < -0.39 is 10.0 Å². The lowest BCUT2D eigenvalue weighted by Gasteiger charge is -2.11. The molecule has 3 aromatic rings. The van der Waals surface area contributed by atoms with Gasteiger partial charge in [-0.2, -0.15) is 0 Å². The Morgan fingerprint density at radius 2 is 1.87 bits per heavy atom. The van der Waals surface area contributed by atoms with Crippen LogP contribution in [0.2, 0.25) is 5.15 Å². The lowest BCUT2D eigenvalue weighted by Crippen LogP contribution is -2.17. The molecule has 3 rings (SSSR count). The second-order valence-corrected chi connectivity index (χ2v) is 7.43. The fourth-order valence-electron chi connectivity index (χ4n) is 2.68. The van der Waals surface area contributed by atoms with Gasteiger partial charge in [0.25, 0.3) is 0 Å². The molecule has 0 unspecified atom stereocenters. The molecule has 2 heterocycles. The van der Waals surface area contributed by atoms with E-state index in [-0.39, 0.29) is 10.9 Å². The van der Waals surface area contributed by atoms with Crippen LogP contribution >= 0.6 is 11.6 Å². The van der Waals surface area contributed by atoms with Gasteiger partial charge in [-0.3, -0.25) is 0 Å². The average molecular weight is 350 g/mol. The highest BCUT2D eigenvalue weighted by molar-refractivity contribution is 7.89. The third kappa shape index (κ3) is 2.80. The summed E-state index contributed by atoms with van der Waals surface area (Å²) >= 11 is 5.91. The number of nitrogens with zero attached hydrogens (tertiary/aromatic N) is 2. The molecule has 0 atom stereocenters. The van der Waals surface area contributed by atoms with Gasteiger partial charge in [-0.05, 0) is 24.1 Å². The third-order valence-electron chi connectivity index (χ3n) is 3.67. The number of fused-ring (bicyclic) bond motifs is 1. The van der Waals surface area contributed by atoms with Crippen molar-refractivity contribution in [2.45, 2.75) is 19.1 Å². The van der Waals surface area contributed by atoms with Crippen molar-refractivity contribution in [1.29, 1.82) is 0 Å². The molecular weight excluding hydrogens is 334 g/mol. The molecule has 0 fully saturated rings. The number of halogens is 1. The number of pyridine rings is 1. The monoisotopic (exact) mass is 349 g/mol. The molecule has 0 spiro atoms. The van der Waals surface area contributed by atoms with Crippen molar-refractivity contribution >= 4 is 38.3 Å². The predicted molar refractivity (Wildman–Crippen MR) is 93.0 cm³/mol. The molecule has 120 valence electrons. The summed E-state index contributed by atoms with van der Waals surface area (Å²) < 4.78 is 27.2. The van der Waals surface area contributed by atoms with Gasteiger partial charge in [0.1, 0.15) is 10.7 Å². The minimum absolute atomic E-state index is 0.104. The summed E-state index contributed by atoms with van der Waals surface area (Å²) in [7, 11) is -3.62. The van der Waals surface area contributed by atoms with E-state index in [1.165, 1.54) is 3.97 Å². The molecule has 1 aromatic carbocycles. The van der Waals surface area contributed by atoms with Crippen molar-refractivity contribution in [3.05, 3.63) is 58.9 Å². The lowest BCUT2D eigenvalue weighted by atomic mass is 10.2. The number of rotatable bonds is 4. The van der Waals surface area contributed by atoms with E-state index in [0.717, 1.165) is 5.56 Å². The normalized spacial score (nSPS) is 11.9. The van der Waals surface area contributed by atoms with Crippen molar-refractivity contribution in [1.82, 2.24) is 8.96 Å². The van der Waals surface area contributed by atoms with Crippen LogP contribution < -0.4 is 5.73 Å². The summed E-state index contributed by atoms with van der Waals surface area (Å²) in [5.74, 6) is -0.104. The largest absolute Gasteiger partial charge is 0.395 e. The second-order valence-electron chi connectivity index (χ2n) is 5.22. The number of hydrogen-bond donors (Lipinski definition) is 1. The van der Waals surface area contributed by atoms with Gasteiger partial charge in [-0.25, -0.2) is 17.4 Å². The maximum atomic E-state index is 12.9. The van der Waals surface area contributed by atoms with Gasteiger partial charge >= 0.3 is 0 Å². The fourth-order valence-corrected chi connectivity index (χ4v) is 4.58. The minimum atomic E-state index is -3.62. The van der Waals surface area contributed by atoms with Crippen LogP contribution in [0.4, 0.5) is 5.69 Å². The third-order valence-corrected chi connectivity index (χ3v) is 5.56. The SMILES string of the molecule is CCc1c(N)c2nc(Cl)ccc2n1S(=O)(=O)Cc1ccccc1. The topological polar surface area (TPSA) is 78.0 Å². The standard InChI is InChI=1S/C16H16ClN3O2S/c1-2-12-15(18)16-13(8-9-14(17)19-16)20(12)23(21,22)10-11-6-4-3-5-7-11/h3-9H,2,10,18H2,1H3. The maximum Gasteiger partial charge on any atom is 0.243 e. The van der Waals surface area contributed by atoms with E-state index in [0.29, 0.717) is 28.8 Å². The first-order valence-electron chi connectivity index (χ1n) is 7.16. The predicted octanol–water partition coefficient (Wildman–Crippen LogP) is 3.21. The molecule has 0 bridgehead atoms. The first-order chi connectivity index (χ1) is 10.9. The first-order valence-corrected chi connectivity index (χ1v) is 9.15. The van der Waals surface area contributed by atoms with Gasteiger partial charge in [0.15, 0.2) is 0 Å². The van der Waals surface area contributed by atoms with Gasteiger partial charge in [-0.1, -0.05) is 48.9 Å². The maximum absolute atomic E-state index is 12.9. The van der Waals surface area contributed by atoms with Gasteiger partial charge in [0.05, 0.1) is 22.7 Å². The molecule has 0 aliphatic rings. The zero-order valence-electron chi connectivity index (χ0n) is 12.5. The summed E-state index contributed by atoms with van der Waals surface area (Å²) in [6.45, 7) is 1.86. The summed E-state index contributed by atoms with van der Waals surface area (Å²) in [5.41, 5.74) is 8.60. The molecule has 0 aliphatic heterocycles. The average Bonchev–Trinajstić information content (AvgIpc) is 2.80. The number of anilines is 1. The van der Waals surface area contributed by atoms with Crippen LogP contribution in [0, 0.1) is 0 Å². The smallest absolute Gasteiger partial charge is 0.243 e. The zero-order valence-corrected chi connectivity index (χ0v) is 14.1. The highest BCUT2D eigenvalue weighted by atomic mass is 35.5. The molecule has 0 aliphatic carbocycles. The molecule has 7 heteroatoms. The molecule has 0 amide bonds. The van der Waals surface area contributed by atoms with Crippen molar-refractivity contribution in [3.8, 4) is 0 Å². The number of nitrogens with two attached hydrogens (primary N) is 1. The molecule has 0 radical (unpaired) electrons. The molecule has 0 saturated carbocycles. The van der Waals surface area contributed by atoms with Crippen molar-refractivity contribution in [2.75, 3.05) is 5.73 Å². The summed E-state index contributed by atoms with van der Waals surface area (Å²) in [4.78, 5) is 4.18. The van der Waals surface area contributed by atoms with E-state index in [1.54, 1.807) is 24.3 Å². The minimum Gasteiger partial charge on any atom is -0.395 e. The van der Waals surface area contributed by atoms with Crippen molar-refractivity contribution < 1.29 is 8.42 Å². The molecule has 2 aromatic heterocycles. The van der Waals surface area contributed by atoms with Gasteiger partial charge < -0.3 is 5.73 Å². The highest BCUT2D eigenvalue weighted by Crippen LogP contribution is 2.31. The Labute approximate surface area is 139 Å². The van der Waals surface area contributed by atoms with Gasteiger partial charge in [0.2, 0.25) is 10.0 Å². The molecular formula is C16H16ClN3O2S. The van der Waals surface area contributed by atoms with E-state index in [1.807, 2.05) is 25.1 Å².